The zero-order valence-electron chi connectivity index (χ0n) is 6.32. The van der Waals surface area contributed by atoms with Crippen molar-refractivity contribution in [3.8, 4) is 0 Å². The second-order valence-electron chi connectivity index (χ2n) is 2.43. The van der Waals surface area contributed by atoms with Gasteiger partial charge in [-0.05, 0) is 0 Å². The van der Waals surface area contributed by atoms with E-state index in [4.69, 9.17) is 10.8 Å². The number of aliphatic hydroxyl groups excluding tert-OH is 1. The van der Waals surface area contributed by atoms with Crippen molar-refractivity contribution in [1.29, 1.82) is 0 Å². The number of hydrogen-bond acceptors (Lipinski definition) is 4. The summed E-state index contributed by atoms with van der Waals surface area (Å²) in [6.07, 6.45) is -6.25. The molecule has 0 radical (unpaired) electrons. The third kappa shape index (κ3) is 2.19. The van der Waals surface area contributed by atoms with Crippen LogP contribution in [0.5, 0.6) is 0 Å². The Kier molecular flexibility index (Phi) is 2.58. The van der Waals surface area contributed by atoms with E-state index in [2.05, 4.69) is 9.68 Å². The lowest BCUT2D eigenvalue weighted by Crippen LogP contribution is -2.38. The van der Waals surface area contributed by atoms with Gasteiger partial charge >= 0.3 is 6.18 Å². The van der Waals surface area contributed by atoms with E-state index in [1.807, 2.05) is 0 Å². The second kappa shape index (κ2) is 3.35. The lowest BCUT2D eigenvalue weighted by molar-refractivity contribution is -0.211. The molecular formula is C6H7F3N2O2. The summed E-state index contributed by atoms with van der Waals surface area (Å²) in [5.74, 6) is -0.204. The first kappa shape index (κ1) is 10.0. The summed E-state index contributed by atoms with van der Waals surface area (Å²) in [5, 5.41) is 11.9. The molecule has 0 aromatic carbocycles. The Morgan fingerprint density at radius 2 is 2.15 bits per heavy atom. The van der Waals surface area contributed by atoms with Crippen LogP contribution in [-0.2, 0) is 0 Å². The maximum Gasteiger partial charge on any atom is 0.416 e. The molecule has 0 saturated carbocycles. The van der Waals surface area contributed by atoms with Gasteiger partial charge in [-0.25, -0.2) is 0 Å². The maximum atomic E-state index is 11.9. The lowest BCUT2D eigenvalue weighted by atomic mass is 10.1. The molecule has 1 heterocycles. The van der Waals surface area contributed by atoms with Crippen LogP contribution in [0.3, 0.4) is 0 Å². The van der Waals surface area contributed by atoms with Crippen molar-refractivity contribution in [2.45, 2.75) is 18.3 Å². The zero-order valence-corrected chi connectivity index (χ0v) is 6.32. The first-order chi connectivity index (χ1) is 5.93. The second-order valence-corrected chi connectivity index (χ2v) is 2.43. The normalized spacial score (nSPS) is 17.0. The fourth-order valence-electron chi connectivity index (χ4n) is 0.757. The number of halogens is 3. The molecule has 1 aromatic heterocycles. The first-order valence-electron chi connectivity index (χ1n) is 3.34. The van der Waals surface area contributed by atoms with Gasteiger partial charge in [0.05, 0.1) is 6.20 Å². The van der Waals surface area contributed by atoms with E-state index in [-0.39, 0.29) is 5.76 Å². The molecule has 0 saturated heterocycles. The molecule has 13 heavy (non-hydrogen) atoms. The summed E-state index contributed by atoms with van der Waals surface area (Å²) in [5.41, 5.74) is 5.07. The minimum atomic E-state index is -4.76. The predicted octanol–water partition coefficient (Wildman–Crippen LogP) is 0.598. The number of aliphatic hydroxyl groups is 1. The van der Waals surface area contributed by atoms with Gasteiger partial charge in [-0.3, -0.25) is 0 Å². The first-order valence-corrected chi connectivity index (χ1v) is 3.34. The highest BCUT2D eigenvalue weighted by Crippen LogP contribution is 2.28. The number of aromatic nitrogens is 1. The van der Waals surface area contributed by atoms with Crippen molar-refractivity contribution in [2.24, 2.45) is 5.73 Å². The maximum absolute atomic E-state index is 11.9. The van der Waals surface area contributed by atoms with Gasteiger partial charge in [0.1, 0.15) is 6.04 Å². The molecule has 0 bridgehead atoms. The topological polar surface area (TPSA) is 72.3 Å². The number of rotatable bonds is 2. The van der Waals surface area contributed by atoms with Crippen LogP contribution in [-0.4, -0.2) is 22.5 Å². The molecule has 0 amide bonds. The SMILES string of the molecule is NC(c1ccno1)C(O)C(F)(F)F. The average Bonchev–Trinajstić information content (AvgIpc) is 2.51. The molecular weight excluding hydrogens is 189 g/mol. The van der Waals surface area contributed by atoms with Crippen LogP contribution >= 0.6 is 0 Å². The molecule has 3 N–H and O–H groups in total. The summed E-state index contributed by atoms with van der Waals surface area (Å²) in [6, 6.07) is -0.470. The van der Waals surface area contributed by atoms with E-state index in [9.17, 15) is 13.2 Å². The molecule has 1 rings (SSSR count). The predicted molar refractivity (Wildman–Crippen MR) is 35.5 cm³/mol. The van der Waals surface area contributed by atoms with Crippen LogP contribution in [0, 0.1) is 0 Å². The number of nitrogens with two attached hydrogens (primary N) is 1. The molecule has 7 heteroatoms. The van der Waals surface area contributed by atoms with Crippen molar-refractivity contribution in [1.82, 2.24) is 5.16 Å². The molecule has 0 aliphatic carbocycles. The van der Waals surface area contributed by atoms with Gasteiger partial charge in [0.15, 0.2) is 11.9 Å². The van der Waals surface area contributed by atoms with Crippen LogP contribution in [0.1, 0.15) is 11.8 Å². The molecule has 1 aromatic rings. The third-order valence-electron chi connectivity index (χ3n) is 1.46. The van der Waals surface area contributed by atoms with Crippen molar-refractivity contribution in [3.63, 3.8) is 0 Å². The van der Waals surface area contributed by atoms with Gasteiger partial charge < -0.3 is 15.4 Å². The van der Waals surface area contributed by atoms with Crippen LogP contribution in [0.2, 0.25) is 0 Å². The molecule has 2 unspecified atom stereocenters. The summed E-state index contributed by atoms with van der Waals surface area (Å²) < 4.78 is 40.1. The van der Waals surface area contributed by atoms with E-state index >= 15 is 0 Å². The lowest BCUT2D eigenvalue weighted by Gasteiger charge is -2.18. The smallest absolute Gasteiger partial charge is 0.382 e. The van der Waals surface area contributed by atoms with E-state index in [0.717, 1.165) is 6.20 Å². The standard InChI is InChI=1S/C6H7F3N2O2/c7-6(8,9)5(12)4(10)3-1-2-11-13-3/h1-2,4-5,12H,10H2. The molecule has 0 fully saturated rings. The fraction of sp³-hybridized carbons (Fsp3) is 0.500. The van der Waals surface area contributed by atoms with Crippen molar-refractivity contribution >= 4 is 0 Å². The Hall–Kier alpha value is -1.08. The Balaban J connectivity index is 2.74. The highest BCUT2D eigenvalue weighted by atomic mass is 19.4. The van der Waals surface area contributed by atoms with E-state index in [0.29, 0.717) is 0 Å². The summed E-state index contributed by atoms with van der Waals surface area (Å²) >= 11 is 0. The van der Waals surface area contributed by atoms with Gasteiger partial charge in [-0.1, -0.05) is 5.16 Å². The van der Waals surface area contributed by atoms with Gasteiger partial charge in [0.2, 0.25) is 0 Å². The molecule has 0 aliphatic heterocycles. The zero-order chi connectivity index (χ0) is 10.1. The Bertz CT molecular complexity index is 259. The molecule has 0 spiro atoms. The summed E-state index contributed by atoms with van der Waals surface area (Å²) in [7, 11) is 0. The fourth-order valence-corrected chi connectivity index (χ4v) is 0.757. The summed E-state index contributed by atoms with van der Waals surface area (Å²) in [4.78, 5) is 0. The molecule has 2 atom stereocenters. The highest BCUT2D eigenvalue weighted by Gasteiger charge is 2.43. The largest absolute Gasteiger partial charge is 0.416 e. The minimum Gasteiger partial charge on any atom is -0.382 e. The van der Waals surface area contributed by atoms with Crippen molar-refractivity contribution in [3.05, 3.63) is 18.0 Å². The van der Waals surface area contributed by atoms with E-state index < -0.39 is 18.3 Å². The van der Waals surface area contributed by atoms with Crippen LogP contribution in [0.4, 0.5) is 13.2 Å². The quantitative estimate of drug-likeness (QED) is 0.726. The number of alkyl halides is 3. The van der Waals surface area contributed by atoms with Crippen molar-refractivity contribution in [2.75, 3.05) is 0 Å². The van der Waals surface area contributed by atoms with Crippen LogP contribution in [0.15, 0.2) is 16.8 Å². The average molecular weight is 196 g/mol. The van der Waals surface area contributed by atoms with Crippen molar-refractivity contribution < 1.29 is 22.8 Å². The highest BCUT2D eigenvalue weighted by molar-refractivity contribution is 5.03. The minimum absolute atomic E-state index is 0.204. The molecule has 0 aliphatic rings. The summed E-state index contributed by atoms with van der Waals surface area (Å²) in [6.45, 7) is 0. The molecule has 4 nitrogen and oxygen atoms in total. The Morgan fingerprint density at radius 3 is 2.54 bits per heavy atom. The van der Waals surface area contributed by atoms with Crippen LogP contribution in [0.25, 0.3) is 0 Å². The Labute approximate surface area is 71.1 Å². The van der Waals surface area contributed by atoms with Gasteiger partial charge in [0, 0.05) is 6.07 Å². The number of hydrogen-bond donors (Lipinski definition) is 2. The van der Waals surface area contributed by atoms with Gasteiger partial charge in [-0.15, -0.1) is 0 Å². The molecule has 74 valence electrons. The third-order valence-corrected chi connectivity index (χ3v) is 1.46. The van der Waals surface area contributed by atoms with Gasteiger partial charge in [-0.2, -0.15) is 13.2 Å². The van der Waals surface area contributed by atoms with Gasteiger partial charge in [0.25, 0.3) is 0 Å². The number of nitrogens with zero attached hydrogens (tertiary/aromatic N) is 1. The van der Waals surface area contributed by atoms with Crippen LogP contribution < -0.4 is 5.73 Å². The Morgan fingerprint density at radius 1 is 1.54 bits per heavy atom. The van der Waals surface area contributed by atoms with E-state index in [1.165, 1.54) is 6.07 Å². The monoisotopic (exact) mass is 196 g/mol. The van der Waals surface area contributed by atoms with E-state index in [1.54, 1.807) is 0 Å².